The minimum absolute atomic E-state index is 0.723. The highest BCUT2D eigenvalue weighted by molar-refractivity contribution is 5.31. The Labute approximate surface area is 58.1 Å². The van der Waals surface area contributed by atoms with Gasteiger partial charge in [0, 0.05) is 19.7 Å². The van der Waals surface area contributed by atoms with E-state index in [0.717, 1.165) is 23.2 Å². The van der Waals surface area contributed by atoms with E-state index in [-0.39, 0.29) is 0 Å². The molecule has 0 bridgehead atoms. The molecule has 1 N–H and O–H groups in total. The maximum Gasteiger partial charge on any atom is 0.192 e. The molecule has 3 nitrogen and oxygen atoms in total. The lowest BCUT2D eigenvalue weighted by Gasteiger charge is -1.94. The summed E-state index contributed by atoms with van der Waals surface area (Å²) < 4.78 is 5.27. The lowest BCUT2D eigenvalue weighted by atomic mass is 10.4. The van der Waals surface area contributed by atoms with Crippen molar-refractivity contribution in [3.8, 4) is 0 Å². The molecule has 0 saturated heterocycles. The summed E-state index contributed by atoms with van der Waals surface area (Å²) >= 11 is 0. The predicted octanol–water partition coefficient (Wildman–Crippen LogP) is -0.895. The van der Waals surface area contributed by atoms with Crippen molar-refractivity contribution in [2.75, 3.05) is 6.54 Å². The fourth-order valence-corrected chi connectivity index (χ4v) is 1.02. The summed E-state index contributed by atoms with van der Waals surface area (Å²) in [4.78, 5) is 4.14. The van der Waals surface area contributed by atoms with Gasteiger partial charge in [0.25, 0.3) is 0 Å². The van der Waals surface area contributed by atoms with Gasteiger partial charge in [-0.2, -0.15) is 0 Å². The highest BCUT2D eigenvalue weighted by Gasteiger charge is 1.97. The van der Waals surface area contributed by atoms with Gasteiger partial charge in [-0.1, -0.05) is 0 Å². The summed E-state index contributed by atoms with van der Waals surface area (Å²) in [5.74, 6) is 0.723. The van der Waals surface area contributed by atoms with Gasteiger partial charge in [-0.25, -0.2) is 4.98 Å². The molecule has 0 radical (unpaired) electrons. The Morgan fingerprint density at radius 3 is 3.40 bits per heavy atom. The third-order valence-electron chi connectivity index (χ3n) is 1.43. The quantitative estimate of drug-likeness (QED) is 0.502. The largest absolute Gasteiger partial charge is 0.441 e. The van der Waals surface area contributed by atoms with Crippen LogP contribution in [0.1, 0.15) is 5.89 Å². The van der Waals surface area contributed by atoms with E-state index in [4.69, 9.17) is 4.42 Å². The number of hydrogen-bond donors (Lipinski definition) is 1. The first-order valence-electron chi connectivity index (χ1n) is 3.23. The molecular weight excluding hydrogens is 128 g/mol. The first-order valence-corrected chi connectivity index (χ1v) is 3.23. The fraction of sp³-hybridized carbons (Fsp3) is 0.286. The summed E-state index contributed by atoms with van der Waals surface area (Å²) in [6.07, 6.45) is 3.85. The van der Waals surface area contributed by atoms with Crippen LogP contribution in [0.2, 0.25) is 0 Å². The van der Waals surface area contributed by atoms with Gasteiger partial charge in [0.1, 0.15) is 5.35 Å². The maximum atomic E-state index is 5.27. The molecule has 0 saturated carbocycles. The third kappa shape index (κ3) is 0.708. The lowest BCUT2D eigenvalue weighted by Crippen LogP contribution is -2.31. The topological polar surface area (TPSA) is 38.1 Å². The van der Waals surface area contributed by atoms with Gasteiger partial charge in [0.15, 0.2) is 11.3 Å². The number of aryl methyl sites for hydroxylation is 1. The number of nitrogens with zero attached hydrogens (tertiary/aromatic N) is 1. The molecule has 10 heavy (non-hydrogen) atoms. The van der Waals surface area contributed by atoms with Gasteiger partial charge in [-0.05, 0) is 6.08 Å². The Morgan fingerprint density at radius 1 is 1.70 bits per heavy atom. The molecule has 0 unspecified atom stereocenters. The Kier molecular flexibility index (Phi) is 1.03. The molecule has 52 valence electrons. The van der Waals surface area contributed by atoms with Crippen molar-refractivity contribution in [3.05, 3.63) is 16.7 Å². The second kappa shape index (κ2) is 1.87. The number of rotatable bonds is 0. The minimum atomic E-state index is 0.723. The Hall–Kier alpha value is -1.25. The van der Waals surface area contributed by atoms with Crippen LogP contribution in [-0.2, 0) is 0 Å². The summed E-state index contributed by atoms with van der Waals surface area (Å²) in [6, 6.07) is 0. The molecule has 2 rings (SSSR count). The smallest absolute Gasteiger partial charge is 0.192 e. The van der Waals surface area contributed by atoms with Crippen molar-refractivity contribution in [1.29, 1.82) is 0 Å². The number of oxazole rings is 1. The zero-order valence-electron chi connectivity index (χ0n) is 5.72. The first kappa shape index (κ1) is 5.53. The highest BCUT2D eigenvalue weighted by atomic mass is 16.3. The molecule has 0 amide bonds. The van der Waals surface area contributed by atoms with Gasteiger partial charge >= 0.3 is 0 Å². The molecule has 1 aromatic heterocycles. The van der Waals surface area contributed by atoms with Crippen LogP contribution in [0, 0.1) is 6.92 Å². The van der Waals surface area contributed by atoms with Gasteiger partial charge in [0.2, 0.25) is 0 Å². The van der Waals surface area contributed by atoms with Crippen molar-refractivity contribution in [2.45, 2.75) is 6.92 Å². The fourth-order valence-electron chi connectivity index (χ4n) is 1.02. The number of fused-ring (bicyclic) bond motifs is 1. The predicted molar refractivity (Wildman–Crippen MR) is 37.4 cm³/mol. The van der Waals surface area contributed by atoms with Crippen LogP contribution < -0.4 is 16.1 Å². The number of nitrogens with one attached hydrogen (secondary N) is 1. The molecule has 0 aliphatic carbocycles. The zero-order chi connectivity index (χ0) is 6.97. The van der Waals surface area contributed by atoms with Gasteiger partial charge in [-0.3, -0.25) is 0 Å². The standard InChI is InChI=1S/C7H8N2O/c1-5-9-6-4-8-3-2-7(6)10-5/h2,4,8H,3H2,1H3. The van der Waals surface area contributed by atoms with Gasteiger partial charge < -0.3 is 9.73 Å². The first-order chi connectivity index (χ1) is 4.86. The summed E-state index contributed by atoms with van der Waals surface area (Å²) in [5.41, 5.74) is 0.885. The summed E-state index contributed by atoms with van der Waals surface area (Å²) in [7, 11) is 0. The maximum absolute atomic E-state index is 5.27. The van der Waals surface area contributed by atoms with Crippen molar-refractivity contribution in [1.82, 2.24) is 10.3 Å². The van der Waals surface area contributed by atoms with E-state index >= 15 is 0 Å². The summed E-state index contributed by atoms with van der Waals surface area (Å²) in [6.45, 7) is 2.68. The molecule has 0 aromatic carbocycles. The van der Waals surface area contributed by atoms with Crippen LogP contribution in [0.5, 0.6) is 0 Å². The zero-order valence-corrected chi connectivity index (χ0v) is 5.72. The van der Waals surface area contributed by atoms with Crippen LogP contribution in [-0.4, -0.2) is 11.5 Å². The second-order valence-electron chi connectivity index (χ2n) is 2.24. The van der Waals surface area contributed by atoms with E-state index in [1.165, 1.54) is 0 Å². The van der Waals surface area contributed by atoms with Crippen LogP contribution in [0.25, 0.3) is 12.3 Å². The van der Waals surface area contributed by atoms with E-state index < -0.39 is 0 Å². The summed E-state index contributed by atoms with van der Waals surface area (Å²) in [5, 5.41) is 3.96. The third-order valence-corrected chi connectivity index (χ3v) is 1.43. The molecule has 1 aliphatic rings. The van der Waals surface area contributed by atoms with Crippen molar-refractivity contribution < 1.29 is 4.42 Å². The molecule has 3 heteroatoms. The Morgan fingerprint density at radius 2 is 2.60 bits per heavy atom. The molecule has 1 aliphatic heterocycles. The molecule has 1 aromatic rings. The average molecular weight is 136 g/mol. The minimum Gasteiger partial charge on any atom is -0.441 e. The number of hydrogen-bond acceptors (Lipinski definition) is 3. The SMILES string of the molecule is Cc1nc2c(o1)=CCNC=2. The molecule has 0 atom stereocenters. The normalized spacial score (nSPS) is 14.5. The van der Waals surface area contributed by atoms with Gasteiger partial charge in [0.05, 0.1) is 0 Å². The van der Waals surface area contributed by atoms with Crippen LogP contribution >= 0.6 is 0 Å². The van der Waals surface area contributed by atoms with E-state index in [0.29, 0.717) is 0 Å². The Balaban J connectivity index is 2.83. The van der Waals surface area contributed by atoms with Crippen molar-refractivity contribution in [3.63, 3.8) is 0 Å². The number of aromatic nitrogens is 1. The molecule has 0 spiro atoms. The van der Waals surface area contributed by atoms with Crippen molar-refractivity contribution in [2.24, 2.45) is 0 Å². The van der Waals surface area contributed by atoms with Crippen LogP contribution in [0.3, 0.4) is 0 Å². The van der Waals surface area contributed by atoms with E-state index in [9.17, 15) is 0 Å². The molecule has 0 fully saturated rings. The van der Waals surface area contributed by atoms with Crippen molar-refractivity contribution >= 4 is 12.3 Å². The lowest BCUT2D eigenvalue weighted by molar-refractivity contribution is 0.490. The van der Waals surface area contributed by atoms with Crippen LogP contribution in [0.4, 0.5) is 0 Å². The second-order valence-corrected chi connectivity index (χ2v) is 2.24. The van der Waals surface area contributed by atoms with E-state index in [1.54, 1.807) is 0 Å². The monoisotopic (exact) mass is 136 g/mol. The highest BCUT2D eigenvalue weighted by Crippen LogP contribution is 1.80. The van der Waals surface area contributed by atoms with E-state index in [1.807, 2.05) is 19.2 Å². The Bertz CT molecular complexity index is 317. The van der Waals surface area contributed by atoms with E-state index in [2.05, 4.69) is 10.3 Å². The average Bonchev–Trinajstić information content (AvgIpc) is 2.27. The molecular formula is C7H8N2O. The van der Waals surface area contributed by atoms with Crippen LogP contribution in [0.15, 0.2) is 4.42 Å². The van der Waals surface area contributed by atoms with Gasteiger partial charge in [-0.15, -0.1) is 0 Å². The molecule has 2 heterocycles.